The average molecular weight is 307 g/mol. The van der Waals surface area contributed by atoms with Gasteiger partial charge in [-0.25, -0.2) is 4.98 Å². The number of rotatable bonds is 1. The zero-order valence-corrected chi connectivity index (χ0v) is 10.5. The van der Waals surface area contributed by atoms with Crippen molar-refractivity contribution in [3.05, 3.63) is 33.3 Å². The van der Waals surface area contributed by atoms with Crippen molar-refractivity contribution in [2.75, 3.05) is 5.73 Å². The highest BCUT2D eigenvalue weighted by Gasteiger charge is 2.10. The van der Waals surface area contributed by atoms with Gasteiger partial charge in [0.15, 0.2) is 11.2 Å². The lowest BCUT2D eigenvalue weighted by molar-refractivity contribution is 1.17. The Morgan fingerprint density at radius 2 is 2.06 bits per heavy atom. The van der Waals surface area contributed by atoms with Gasteiger partial charge in [0.2, 0.25) is 5.95 Å². The van der Waals surface area contributed by atoms with E-state index < -0.39 is 0 Å². The maximum atomic E-state index is 11.6. The molecule has 3 aromatic heterocycles. The third-order valence-corrected chi connectivity index (χ3v) is 2.79. The zero-order valence-electron chi connectivity index (χ0n) is 8.94. The minimum Gasteiger partial charge on any atom is -0.369 e. The number of nitrogens with zero attached hydrogens (tertiary/aromatic N) is 3. The molecule has 0 amide bonds. The molecule has 0 spiro atoms. The molecule has 0 radical (unpaired) electrons. The van der Waals surface area contributed by atoms with Crippen molar-refractivity contribution in [1.82, 2.24) is 24.9 Å². The topological polar surface area (TPSA) is 113 Å². The number of aromatic nitrogens is 5. The van der Waals surface area contributed by atoms with E-state index in [1.807, 2.05) is 6.07 Å². The molecule has 0 aliphatic heterocycles. The molecule has 7 nitrogen and oxygen atoms in total. The Balaban J connectivity index is 2.26. The summed E-state index contributed by atoms with van der Waals surface area (Å²) in [6.45, 7) is 0. The largest absolute Gasteiger partial charge is 0.369 e. The third-order valence-electron chi connectivity index (χ3n) is 2.36. The minimum atomic E-state index is -0.348. The molecular weight excluding hydrogens is 300 g/mol. The van der Waals surface area contributed by atoms with E-state index in [-0.39, 0.29) is 17.2 Å². The lowest BCUT2D eigenvalue weighted by Crippen LogP contribution is -2.10. The van der Waals surface area contributed by atoms with Crippen LogP contribution in [0.15, 0.2) is 27.7 Å². The number of anilines is 1. The number of imidazole rings is 1. The van der Waals surface area contributed by atoms with Gasteiger partial charge < -0.3 is 10.7 Å². The Kier molecular flexibility index (Phi) is 2.37. The fourth-order valence-corrected chi connectivity index (χ4v) is 1.97. The highest BCUT2D eigenvalue weighted by molar-refractivity contribution is 9.10. The maximum absolute atomic E-state index is 11.6. The van der Waals surface area contributed by atoms with Gasteiger partial charge in [-0.15, -0.1) is 0 Å². The Morgan fingerprint density at radius 3 is 2.83 bits per heavy atom. The molecule has 4 N–H and O–H groups in total. The lowest BCUT2D eigenvalue weighted by Gasteiger charge is -1.95. The van der Waals surface area contributed by atoms with Gasteiger partial charge >= 0.3 is 0 Å². The molecule has 0 aromatic carbocycles. The maximum Gasteiger partial charge on any atom is 0.278 e. The van der Waals surface area contributed by atoms with Crippen LogP contribution in [0.3, 0.4) is 0 Å². The van der Waals surface area contributed by atoms with Crippen molar-refractivity contribution in [2.45, 2.75) is 0 Å². The number of pyridine rings is 1. The first-order valence-electron chi connectivity index (χ1n) is 5.00. The molecule has 0 aliphatic rings. The molecule has 0 unspecified atom stereocenters. The van der Waals surface area contributed by atoms with E-state index >= 15 is 0 Å². The number of fused-ring (bicyclic) bond motifs is 1. The molecule has 0 aliphatic carbocycles. The molecule has 0 bridgehead atoms. The molecule has 3 aromatic rings. The molecule has 0 saturated carbocycles. The molecule has 3 heterocycles. The number of H-pyrrole nitrogens is 2. The number of nitrogen functional groups attached to an aromatic ring is 1. The van der Waals surface area contributed by atoms with Crippen LogP contribution in [0, 0.1) is 0 Å². The molecule has 18 heavy (non-hydrogen) atoms. The quantitative estimate of drug-likeness (QED) is 0.622. The molecule has 0 atom stereocenters. The first-order valence-corrected chi connectivity index (χ1v) is 5.79. The summed E-state index contributed by atoms with van der Waals surface area (Å²) >= 11 is 3.32. The van der Waals surface area contributed by atoms with E-state index in [1.165, 1.54) is 0 Å². The van der Waals surface area contributed by atoms with Gasteiger partial charge in [-0.3, -0.25) is 14.8 Å². The van der Waals surface area contributed by atoms with Crippen molar-refractivity contribution in [3.8, 4) is 11.4 Å². The highest BCUT2D eigenvalue weighted by Crippen LogP contribution is 2.20. The monoisotopic (exact) mass is 306 g/mol. The highest BCUT2D eigenvalue weighted by atomic mass is 79.9. The Morgan fingerprint density at radius 1 is 1.22 bits per heavy atom. The van der Waals surface area contributed by atoms with Crippen LogP contribution in [0.4, 0.5) is 5.95 Å². The predicted octanol–water partition coefficient (Wildman–Crippen LogP) is 1.05. The molecule has 0 saturated heterocycles. The summed E-state index contributed by atoms with van der Waals surface area (Å²) in [6.07, 6.45) is 3.30. The molecule has 0 fully saturated rings. The molecule has 90 valence electrons. The number of hydrogen-bond acceptors (Lipinski definition) is 5. The summed E-state index contributed by atoms with van der Waals surface area (Å²) < 4.78 is 0.821. The smallest absolute Gasteiger partial charge is 0.278 e. The number of hydrogen-bond donors (Lipinski definition) is 3. The third kappa shape index (κ3) is 1.76. The number of nitrogens with two attached hydrogens (primary N) is 1. The van der Waals surface area contributed by atoms with E-state index in [1.54, 1.807) is 12.4 Å². The molecule has 3 rings (SSSR count). The lowest BCUT2D eigenvalue weighted by atomic mass is 10.3. The second-order valence-electron chi connectivity index (χ2n) is 3.63. The van der Waals surface area contributed by atoms with Crippen LogP contribution >= 0.6 is 15.9 Å². The second-order valence-corrected chi connectivity index (χ2v) is 4.54. The van der Waals surface area contributed by atoms with Gasteiger partial charge in [0.05, 0.1) is 0 Å². The Hall–Kier alpha value is -2.22. The summed E-state index contributed by atoms with van der Waals surface area (Å²) in [5.74, 6) is 0.556. The predicted molar refractivity (Wildman–Crippen MR) is 69.9 cm³/mol. The van der Waals surface area contributed by atoms with Crippen molar-refractivity contribution in [3.63, 3.8) is 0 Å². The van der Waals surface area contributed by atoms with E-state index in [2.05, 4.69) is 40.8 Å². The standard InChI is InChI=1S/C10H7BrN6O/c11-5-1-4(2-13-3-5)7-14-6-8(15-7)16-10(12)17-9(6)18/h1-3H,(H4,12,14,15,16,17,18). The number of aromatic amines is 2. The normalized spacial score (nSPS) is 10.9. The fraction of sp³-hybridized carbons (Fsp3) is 0. The van der Waals surface area contributed by atoms with Crippen LogP contribution in [-0.4, -0.2) is 24.9 Å². The Labute approximate surface area is 109 Å². The van der Waals surface area contributed by atoms with Crippen LogP contribution in [-0.2, 0) is 0 Å². The fourth-order valence-electron chi connectivity index (χ4n) is 1.60. The summed E-state index contributed by atoms with van der Waals surface area (Å²) in [5.41, 5.74) is 6.43. The van der Waals surface area contributed by atoms with Crippen molar-refractivity contribution in [1.29, 1.82) is 0 Å². The summed E-state index contributed by atoms with van der Waals surface area (Å²) in [6, 6.07) is 1.84. The summed E-state index contributed by atoms with van der Waals surface area (Å²) in [7, 11) is 0. The van der Waals surface area contributed by atoms with Gasteiger partial charge in [-0.2, -0.15) is 4.98 Å². The average Bonchev–Trinajstić information content (AvgIpc) is 2.73. The number of halogens is 1. The first kappa shape index (κ1) is 10.9. The van der Waals surface area contributed by atoms with Gasteiger partial charge in [0, 0.05) is 22.4 Å². The van der Waals surface area contributed by atoms with Crippen LogP contribution in [0.1, 0.15) is 0 Å². The van der Waals surface area contributed by atoms with Gasteiger partial charge in [-0.05, 0) is 22.0 Å². The van der Waals surface area contributed by atoms with Crippen molar-refractivity contribution < 1.29 is 0 Å². The van der Waals surface area contributed by atoms with Gasteiger partial charge in [-0.1, -0.05) is 0 Å². The summed E-state index contributed by atoms with van der Waals surface area (Å²) in [4.78, 5) is 29.1. The van der Waals surface area contributed by atoms with Crippen LogP contribution in [0.2, 0.25) is 0 Å². The minimum absolute atomic E-state index is 0.0397. The van der Waals surface area contributed by atoms with E-state index in [9.17, 15) is 4.79 Å². The molecular formula is C10H7BrN6O. The van der Waals surface area contributed by atoms with E-state index in [0.717, 1.165) is 10.0 Å². The molecule has 8 heteroatoms. The van der Waals surface area contributed by atoms with Crippen LogP contribution in [0.5, 0.6) is 0 Å². The summed E-state index contributed by atoms with van der Waals surface area (Å²) in [5, 5.41) is 0. The van der Waals surface area contributed by atoms with Gasteiger partial charge in [0.25, 0.3) is 5.56 Å². The Bertz CT molecular complexity index is 792. The SMILES string of the molecule is Nc1nc2nc(-c3cncc(Br)c3)[nH]c2c(=O)[nH]1. The van der Waals surface area contributed by atoms with Crippen molar-refractivity contribution >= 4 is 33.0 Å². The van der Waals surface area contributed by atoms with E-state index in [0.29, 0.717) is 11.3 Å². The number of nitrogens with one attached hydrogen (secondary N) is 2. The van der Waals surface area contributed by atoms with Crippen LogP contribution in [0.25, 0.3) is 22.6 Å². The first-order chi connectivity index (χ1) is 8.63. The zero-order chi connectivity index (χ0) is 12.7. The van der Waals surface area contributed by atoms with Crippen molar-refractivity contribution in [2.24, 2.45) is 0 Å². The van der Waals surface area contributed by atoms with E-state index in [4.69, 9.17) is 5.73 Å². The van der Waals surface area contributed by atoms with Gasteiger partial charge in [0.1, 0.15) is 5.82 Å². The second kappa shape index (κ2) is 3.91. The van der Waals surface area contributed by atoms with Crippen LogP contribution < -0.4 is 11.3 Å².